The van der Waals surface area contributed by atoms with Crippen molar-refractivity contribution >= 4 is 0 Å². The average molecular weight is 127 g/mol. The molecule has 0 bridgehead atoms. The molecular formula is C8H17N. The van der Waals surface area contributed by atoms with Gasteiger partial charge >= 0.3 is 0 Å². The van der Waals surface area contributed by atoms with Gasteiger partial charge in [-0.05, 0) is 19.3 Å². The van der Waals surface area contributed by atoms with Crippen LogP contribution in [0.5, 0.6) is 0 Å². The fourth-order valence-corrected chi connectivity index (χ4v) is 0.840. The van der Waals surface area contributed by atoms with Crippen LogP contribution in [0, 0.1) is 5.41 Å². The Hall–Kier alpha value is -0.300. The predicted molar refractivity (Wildman–Crippen MR) is 42.3 cm³/mol. The van der Waals surface area contributed by atoms with Gasteiger partial charge in [0.2, 0.25) is 0 Å². The van der Waals surface area contributed by atoms with Crippen LogP contribution in [-0.4, -0.2) is 6.54 Å². The van der Waals surface area contributed by atoms with Crippen molar-refractivity contribution < 1.29 is 0 Å². The van der Waals surface area contributed by atoms with E-state index in [4.69, 9.17) is 5.73 Å². The van der Waals surface area contributed by atoms with Crippen LogP contribution in [-0.2, 0) is 0 Å². The van der Waals surface area contributed by atoms with Crippen molar-refractivity contribution in [3.8, 4) is 0 Å². The van der Waals surface area contributed by atoms with Gasteiger partial charge in [0.15, 0.2) is 0 Å². The van der Waals surface area contributed by atoms with Gasteiger partial charge < -0.3 is 5.73 Å². The van der Waals surface area contributed by atoms with E-state index in [1.807, 2.05) is 0 Å². The van der Waals surface area contributed by atoms with E-state index in [0.29, 0.717) is 0 Å². The maximum Gasteiger partial charge on any atom is 0.000896 e. The summed E-state index contributed by atoms with van der Waals surface area (Å²) in [6.45, 7) is 9.19. The molecule has 0 amide bonds. The van der Waals surface area contributed by atoms with Crippen LogP contribution in [0.2, 0.25) is 0 Å². The molecule has 0 aliphatic heterocycles. The lowest BCUT2D eigenvalue weighted by Gasteiger charge is -2.17. The van der Waals surface area contributed by atoms with E-state index < -0.39 is 0 Å². The quantitative estimate of drug-likeness (QED) is 0.564. The van der Waals surface area contributed by atoms with Gasteiger partial charge in [-0.15, -0.1) is 0 Å². The summed E-state index contributed by atoms with van der Waals surface area (Å²) in [5.74, 6) is 0. The molecule has 0 unspecified atom stereocenters. The smallest absolute Gasteiger partial charge is 0.000896 e. The maximum absolute atomic E-state index is 5.51. The van der Waals surface area contributed by atoms with Gasteiger partial charge in [-0.25, -0.2) is 0 Å². The van der Waals surface area contributed by atoms with Gasteiger partial charge in [0.1, 0.15) is 0 Å². The third kappa shape index (κ3) is 4.22. The van der Waals surface area contributed by atoms with Gasteiger partial charge in [-0.2, -0.15) is 0 Å². The number of rotatable bonds is 2. The highest BCUT2D eigenvalue weighted by Crippen LogP contribution is 2.16. The molecule has 0 fully saturated rings. The number of hydrogen-bond donors (Lipinski definition) is 1. The van der Waals surface area contributed by atoms with Crippen LogP contribution in [0.25, 0.3) is 0 Å². The van der Waals surface area contributed by atoms with Crippen LogP contribution in [0.4, 0.5) is 0 Å². The molecule has 1 nitrogen and oxygen atoms in total. The summed E-state index contributed by atoms with van der Waals surface area (Å²) >= 11 is 0. The van der Waals surface area contributed by atoms with Crippen LogP contribution in [0.1, 0.15) is 27.7 Å². The molecule has 0 rings (SSSR count). The molecule has 0 spiro atoms. The standard InChI is InChI=1S/C8H17N/c1-7(2)5-8(3,4)6-9/h5H,6,9H2,1-4H3. The fourth-order valence-electron chi connectivity index (χ4n) is 0.840. The summed E-state index contributed by atoms with van der Waals surface area (Å²) in [5.41, 5.74) is 7.03. The monoisotopic (exact) mass is 127 g/mol. The second kappa shape index (κ2) is 3.02. The Kier molecular flexibility index (Phi) is 2.92. The molecule has 0 atom stereocenters. The van der Waals surface area contributed by atoms with Gasteiger partial charge in [0.25, 0.3) is 0 Å². The van der Waals surface area contributed by atoms with E-state index >= 15 is 0 Å². The van der Waals surface area contributed by atoms with E-state index in [9.17, 15) is 0 Å². The molecule has 0 aliphatic rings. The molecule has 0 aromatic rings. The molecular weight excluding hydrogens is 110 g/mol. The second-order valence-corrected chi connectivity index (χ2v) is 3.41. The molecule has 0 saturated heterocycles. The van der Waals surface area contributed by atoms with E-state index in [0.717, 1.165) is 6.54 Å². The van der Waals surface area contributed by atoms with Crippen molar-refractivity contribution in [3.05, 3.63) is 11.6 Å². The molecule has 0 heterocycles. The first-order chi connectivity index (χ1) is 3.98. The molecule has 0 aliphatic carbocycles. The summed E-state index contributed by atoms with van der Waals surface area (Å²) in [4.78, 5) is 0. The highest BCUT2D eigenvalue weighted by atomic mass is 14.6. The average Bonchev–Trinajstić information content (AvgIpc) is 1.63. The number of hydrogen-bond acceptors (Lipinski definition) is 1. The number of nitrogens with two attached hydrogens (primary N) is 1. The second-order valence-electron chi connectivity index (χ2n) is 3.41. The van der Waals surface area contributed by atoms with E-state index in [1.54, 1.807) is 0 Å². The molecule has 0 aromatic carbocycles. The van der Waals surface area contributed by atoms with Crippen molar-refractivity contribution in [1.82, 2.24) is 0 Å². The molecule has 9 heavy (non-hydrogen) atoms. The minimum absolute atomic E-state index is 0.179. The predicted octanol–water partition coefficient (Wildman–Crippen LogP) is 1.94. The fraction of sp³-hybridized carbons (Fsp3) is 0.750. The van der Waals surface area contributed by atoms with E-state index in [2.05, 4.69) is 33.8 Å². The molecule has 2 N–H and O–H groups in total. The van der Waals surface area contributed by atoms with Crippen molar-refractivity contribution in [2.75, 3.05) is 6.54 Å². The first kappa shape index (κ1) is 8.70. The van der Waals surface area contributed by atoms with Crippen molar-refractivity contribution in [1.29, 1.82) is 0 Å². The van der Waals surface area contributed by atoms with Crippen molar-refractivity contribution in [3.63, 3.8) is 0 Å². The van der Waals surface area contributed by atoms with E-state index in [-0.39, 0.29) is 5.41 Å². The van der Waals surface area contributed by atoms with Crippen LogP contribution in [0.3, 0.4) is 0 Å². The SMILES string of the molecule is CC(C)=CC(C)(C)CN. The van der Waals surface area contributed by atoms with Gasteiger partial charge in [0.05, 0.1) is 0 Å². The summed E-state index contributed by atoms with van der Waals surface area (Å²) in [7, 11) is 0. The first-order valence-electron chi connectivity index (χ1n) is 3.34. The summed E-state index contributed by atoms with van der Waals surface area (Å²) < 4.78 is 0. The van der Waals surface area contributed by atoms with Gasteiger partial charge in [-0.3, -0.25) is 0 Å². The molecule has 0 radical (unpaired) electrons. The Balaban J connectivity index is 4.01. The Morgan fingerprint density at radius 3 is 2.00 bits per heavy atom. The third-order valence-corrected chi connectivity index (χ3v) is 1.21. The lowest BCUT2D eigenvalue weighted by molar-refractivity contribution is 0.492. The highest BCUT2D eigenvalue weighted by molar-refractivity contribution is 5.02. The minimum atomic E-state index is 0.179. The normalized spacial score (nSPS) is 11.2. The lowest BCUT2D eigenvalue weighted by atomic mass is 9.92. The Bertz CT molecular complexity index is 108. The Morgan fingerprint density at radius 1 is 1.44 bits per heavy atom. The van der Waals surface area contributed by atoms with Crippen molar-refractivity contribution in [2.45, 2.75) is 27.7 Å². The zero-order valence-corrected chi connectivity index (χ0v) is 6.86. The summed E-state index contributed by atoms with van der Waals surface area (Å²) in [6.07, 6.45) is 2.20. The lowest BCUT2D eigenvalue weighted by Crippen LogP contribution is -2.20. The first-order valence-corrected chi connectivity index (χ1v) is 3.34. The zero-order valence-electron chi connectivity index (χ0n) is 6.86. The topological polar surface area (TPSA) is 26.0 Å². The molecule has 1 heteroatoms. The van der Waals surface area contributed by atoms with E-state index in [1.165, 1.54) is 5.57 Å². The maximum atomic E-state index is 5.51. The summed E-state index contributed by atoms with van der Waals surface area (Å²) in [6, 6.07) is 0. The van der Waals surface area contributed by atoms with Crippen LogP contribution >= 0.6 is 0 Å². The highest BCUT2D eigenvalue weighted by Gasteiger charge is 2.09. The minimum Gasteiger partial charge on any atom is -0.330 e. The molecule has 54 valence electrons. The zero-order chi connectivity index (χ0) is 7.49. The third-order valence-electron chi connectivity index (χ3n) is 1.21. The van der Waals surface area contributed by atoms with Crippen LogP contribution < -0.4 is 5.73 Å². The Morgan fingerprint density at radius 2 is 1.89 bits per heavy atom. The van der Waals surface area contributed by atoms with Crippen molar-refractivity contribution in [2.24, 2.45) is 11.1 Å². The Labute approximate surface area is 57.9 Å². The molecule has 0 aromatic heterocycles. The van der Waals surface area contributed by atoms with Gasteiger partial charge in [-0.1, -0.05) is 25.5 Å². The van der Waals surface area contributed by atoms with Gasteiger partial charge in [0, 0.05) is 6.54 Å². The largest absolute Gasteiger partial charge is 0.330 e. The molecule has 0 saturated carbocycles. The summed E-state index contributed by atoms with van der Waals surface area (Å²) in [5, 5.41) is 0. The van der Waals surface area contributed by atoms with Crippen LogP contribution in [0.15, 0.2) is 11.6 Å². The number of allylic oxidation sites excluding steroid dienone is 1.